The number of sulfonamides is 1. The maximum atomic E-state index is 12.8. The number of carbonyl (C=O) groups excluding carboxylic acids is 2. The van der Waals surface area contributed by atoms with Gasteiger partial charge in [0.2, 0.25) is 10.0 Å². The third kappa shape index (κ3) is 3.98. The van der Waals surface area contributed by atoms with Crippen molar-refractivity contribution in [3.8, 4) is 0 Å². The van der Waals surface area contributed by atoms with E-state index in [2.05, 4.69) is 0 Å². The minimum Gasteiger partial charge on any atom is -0.503 e. The first-order chi connectivity index (χ1) is 13.6. The minimum atomic E-state index is -3.92. The molecule has 1 aliphatic rings. The fourth-order valence-corrected chi connectivity index (χ4v) is 3.69. The summed E-state index contributed by atoms with van der Waals surface area (Å²) >= 11 is 5.94. The van der Waals surface area contributed by atoms with E-state index in [1.54, 1.807) is 31.2 Å². The van der Waals surface area contributed by atoms with Crippen LogP contribution in [0.5, 0.6) is 0 Å². The SMILES string of the molecule is CCOC(=O)C1=C(O)C(=O)N(c2ccc(S(N)(=O)=O)cc2)[C@H]1c1ccc(Cl)cc1. The van der Waals surface area contributed by atoms with Crippen molar-refractivity contribution in [3.63, 3.8) is 0 Å². The summed E-state index contributed by atoms with van der Waals surface area (Å²) in [6, 6.07) is 10.6. The Bertz CT molecular complexity index is 1090. The van der Waals surface area contributed by atoms with Crippen LogP contribution in [0.3, 0.4) is 0 Å². The van der Waals surface area contributed by atoms with Crippen LogP contribution in [0.4, 0.5) is 5.69 Å². The van der Waals surface area contributed by atoms with E-state index < -0.39 is 33.7 Å². The summed E-state index contributed by atoms with van der Waals surface area (Å²) in [7, 11) is -3.92. The first-order valence-corrected chi connectivity index (χ1v) is 10.4. The molecule has 3 N–H and O–H groups in total. The van der Waals surface area contributed by atoms with Crippen LogP contribution in [0.25, 0.3) is 0 Å². The molecule has 2 aromatic rings. The van der Waals surface area contributed by atoms with E-state index in [-0.39, 0.29) is 22.8 Å². The summed E-state index contributed by atoms with van der Waals surface area (Å²) in [6.07, 6.45) is 0. The van der Waals surface area contributed by atoms with E-state index in [9.17, 15) is 23.1 Å². The summed E-state index contributed by atoms with van der Waals surface area (Å²) < 4.78 is 28.0. The topological polar surface area (TPSA) is 127 Å². The third-order valence-electron chi connectivity index (χ3n) is 4.33. The van der Waals surface area contributed by atoms with Crippen molar-refractivity contribution in [1.82, 2.24) is 0 Å². The largest absolute Gasteiger partial charge is 0.503 e. The molecule has 1 atom stereocenters. The van der Waals surface area contributed by atoms with Gasteiger partial charge in [-0.3, -0.25) is 9.69 Å². The molecule has 29 heavy (non-hydrogen) atoms. The number of primary sulfonamides is 1. The average Bonchev–Trinajstić information content (AvgIpc) is 2.93. The second kappa shape index (κ2) is 7.86. The molecule has 0 saturated carbocycles. The predicted octanol–water partition coefficient (Wildman–Crippen LogP) is 2.45. The number of halogens is 1. The van der Waals surface area contributed by atoms with Crippen LogP contribution in [-0.2, 0) is 24.3 Å². The lowest BCUT2D eigenvalue weighted by molar-refractivity contribution is -0.139. The second-order valence-electron chi connectivity index (χ2n) is 6.15. The average molecular weight is 437 g/mol. The number of aliphatic hydroxyl groups is 1. The molecule has 0 radical (unpaired) electrons. The van der Waals surface area contributed by atoms with Gasteiger partial charge in [0, 0.05) is 10.7 Å². The number of ether oxygens (including phenoxy) is 1. The molecule has 0 spiro atoms. The van der Waals surface area contributed by atoms with Gasteiger partial charge in [-0.05, 0) is 48.9 Å². The van der Waals surface area contributed by atoms with E-state index in [0.29, 0.717) is 10.6 Å². The summed E-state index contributed by atoms with van der Waals surface area (Å²) in [4.78, 5) is 26.3. The van der Waals surface area contributed by atoms with Crippen molar-refractivity contribution >= 4 is 39.2 Å². The Kier molecular flexibility index (Phi) is 5.65. The number of anilines is 1. The first-order valence-electron chi connectivity index (χ1n) is 8.47. The van der Waals surface area contributed by atoms with Crippen molar-refractivity contribution < 1.29 is 27.9 Å². The number of rotatable bonds is 5. The summed E-state index contributed by atoms with van der Waals surface area (Å²) in [5, 5.41) is 16.0. The molecule has 0 bridgehead atoms. The number of hydrogen-bond donors (Lipinski definition) is 2. The van der Waals surface area contributed by atoms with E-state index >= 15 is 0 Å². The Morgan fingerprint density at radius 3 is 2.28 bits per heavy atom. The normalized spacial score (nSPS) is 17.0. The Hall–Kier alpha value is -2.88. The van der Waals surface area contributed by atoms with Gasteiger partial charge in [0.25, 0.3) is 5.91 Å². The quantitative estimate of drug-likeness (QED) is 0.693. The number of benzene rings is 2. The van der Waals surface area contributed by atoms with Gasteiger partial charge in [0.15, 0.2) is 5.76 Å². The summed E-state index contributed by atoms with van der Waals surface area (Å²) in [6.45, 7) is 1.66. The molecule has 2 aromatic carbocycles. The lowest BCUT2D eigenvalue weighted by Crippen LogP contribution is -2.31. The standard InChI is InChI=1S/C19H17ClN2O6S/c1-2-28-19(25)15-16(11-3-5-12(20)6-4-11)22(18(24)17(15)23)13-7-9-14(10-8-13)29(21,26)27/h3-10,16,23H,2H2,1H3,(H2,21,26,27)/t16-/m0/s1. The van der Waals surface area contributed by atoms with Crippen molar-refractivity contribution in [1.29, 1.82) is 0 Å². The lowest BCUT2D eigenvalue weighted by atomic mass is 9.99. The van der Waals surface area contributed by atoms with Gasteiger partial charge < -0.3 is 9.84 Å². The van der Waals surface area contributed by atoms with Gasteiger partial charge in [0.05, 0.1) is 17.5 Å². The molecule has 1 amide bonds. The van der Waals surface area contributed by atoms with Gasteiger partial charge in [-0.15, -0.1) is 0 Å². The van der Waals surface area contributed by atoms with Crippen molar-refractivity contribution in [3.05, 3.63) is 70.4 Å². The molecule has 0 aromatic heterocycles. The molecule has 10 heteroatoms. The summed E-state index contributed by atoms with van der Waals surface area (Å²) in [5.41, 5.74) is 0.549. The fraction of sp³-hybridized carbons (Fsp3) is 0.158. The first kappa shape index (κ1) is 20.8. The van der Waals surface area contributed by atoms with Crippen LogP contribution < -0.4 is 10.0 Å². The highest BCUT2D eigenvalue weighted by atomic mass is 35.5. The predicted molar refractivity (Wildman–Crippen MR) is 106 cm³/mol. The zero-order chi connectivity index (χ0) is 21.3. The van der Waals surface area contributed by atoms with Crippen LogP contribution in [0, 0.1) is 0 Å². The Morgan fingerprint density at radius 2 is 1.76 bits per heavy atom. The Labute approximate surface area is 172 Å². The van der Waals surface area contributed by atoms with Crippen molar-refractivity contribution in [2.45, 2.75) is 17.9 Å². The molecule has 0 fully saturated rings. The highest BCUT2D eigenvalue weighted by Gasteiger charge is 2.45. The van der Waals surface area contributed by atoms with Crippen LogP contribution in [0.2, 0.25) is 5.02 Å². The van der Waals surface area contributed by atoms with Gasteiger partial charge in [-0.25, -0.2) is 18.4 Å². The molecule has 152 valence electrons. The molecular weight excluding hydrogens is 420 g/mol. The maximum absolute atomic E-state index is 12.8. The van der Waals surface area contributed by atoms with Gasteiger partial charge >= 0.3 is 5.97 Å². The number of hydrogen-bond acceptors (Lipinski definition) is 6. The molecule has 0 unspecified atom stereocenters. The molecule has 0 saturated heterocycles. The van der Waals surface area contributed by atoms with Crippen LogP contribution >= 0.6 is 11.6 Å². The number of nitrogens with two attached hydrogens (primary N) is 1. The molecule has 0 aliphatic carbocycles. The monoisotopic (exact) mass is 436 g/mol. The van der Waals surface area contributed by atoms with E-state index in [0.717, 1.165) is 0 Å². The highest BCUT2D eigenvalue weighted by Crippen LogP contribution is 2.41. The van der Waals surface area contributed by atoms with Crippen molar-refractivity contribution in [2.75, 3.05) is 11.5 Å². The van der Waals surface area contributed by atoms with Gasteiger partial charge in [0.1, 0.15) is 5.57 Å². The molecule has 3 rings (SSSR count). The zero-order valence-corrected chi connectivity index (χ0v) is 16.8. The van der Waals surface area contributed by atoms with Gasteiger partial charge in [-0.2, -0.15) is 0 Å². The van der Waals surface area contributed by atoms with Crippen LogP contribution in [0.15, 0.2) is 64.8 Å². The van der Waals surface area contributed by atoms with E-state index in [1.807, 2.05) is 0 Å². The second-order valence-corrected chi connectivity index (χ2v) is 8.15. The number of carbonyl (C=O) groups is 2. The van der Waals surface area contributed by atoms with Gasteiger partial charge in [-0.1, -0.05) is 23.7 Å². The third-order valence-corrected chi connectivity index (χ3v) is 5.51. The lowest BCUT2D eigenvalue weighted by Gasteiger charge is -2.26. The molecule has 1 aliphatic heterocycles. The van der Waals surface area contributed by atoms with Crippen LogP contribution in [0.1, 0.15) is 18.5 Å². The molecule has 8 nitrogen and oxygen atoms in total. The maximum Gasteiger partial charge on any atom is 0.340 e. The Morgan fingerprint density at radius 1 is 1.17 bits per heavy atom. The Balaban J connectivity index is 2.13. The smallest absolute Gasteiger partial charge is 0.340 e. The van der Waals surface area contributed by atoms with E-state index in [4.69, 9.17) is 21.5 Å². The zero-order valence-electron chi connectivity index (χ0n) is 15.2. The number of aliphatic hydroxyl groups excluding tert-OH is 1. The number of nitrogens with zero attached hydrogens (tertiary/aromatic N) is 1. The summed E-state index contributed by atoms with van der Waals surface area (Å²) in [5.74, 6) is -2.39. The highest BCUT2D eigenvalue weighted by molar-refractivity contribution is 7.89. The van der Waals surface area contributed by atoms with E-state index in [1.165, 1.54) is 29.2 Å². The minimum absolute atomic E-state index is 0.0558. The van der Waals surface area contributed by atoms with Crippen LogP contribution in [-0.4, -0.2) is 32.0 Å². The van der Waals surface area contributed by atoms with Crippen molar-refractivity contribution in [2.24, 2.45) is 5.14 Å². The number of esters is 1. The molecule has 1 heterocycles. The fourth-order valence-electron chi connectivity index (χ4n) is 3.05. The number of amides is 1. The molecular formula is C19H17ClN2O6S.